The average molecular weight is 866 g/mol. The zero-order valence-electron chi connectivity index (χ0n) is 33.0. The van der Waals surface area contributed by atoms with Gasteiger partial charge < -0.3 is 15.2 Å². The standard InChI is InChI=1S/C36H63N7O11S3/c1-21-15-26(11-13-31(21)41-42-32-14-12-27(20-33(32)53-2)39-38-25-6-4-8-29(18-25)57(50,51)52)40-43-35-34(54-55(45)46)16-22-9-10-24(19-30(22)36(35)44)37-23-5-3-7-28(17-23)56(47,48)49/h21-37,44H,3-20H2,1-2H3,(H,45,46)(H,47,48,49)(H,50,51,52). The van der Waals surface area contributed by atoms with Gasteiger partial charge in [-0.3, -0.25) is 17.8 Å². The van der Waals surface area contributed by atoms with E-state index in [-0.39, 0.29) is 72.6 Å². The molecular weight excluding hydrogens is 803 g/mol. The highest BCUT2D eigenvalue weighted by Gasteiger charge is 2.49. The summed E-state index contributed by atoms with van der Waals surface area (Å²) in [5, 5.41) is 41.6. The molecule has 0 aromatic heterocycles. The summed E-state index contributed by atoms with van der Waals surface area (Å²) in [7, 11) is -6.51. The summed E-state index contributed by atoms with van der Waals surface area (Å²) in [4.78, 5) is 0. The number of hydrogen-bond acceptors (Lipinski definition) is 15. The highest BCUT2D eigenvalue weighted by Crippen LogP contribution is 2.44. The second-order valence-electron chi connectivity index (χ2n) is 17.6. The van der Waals surface area contributed by atoms with Crippen LogP contribution in [0.15, 0.2) is 30.7 Å². The van der Waals surface area contributed by atoms with E-state index in [0.717, 1.165) is 57.8 Å². The molecule has 0 saturated heterocycles. The van der Waals surface area contributed by atoms with Crippen LogP contribution in [0.4, 0.5) is 0 Å². The van der Waals surface area contributed by atoms with E-state index < -0.39 is 60.3 Å². The molecule has 0 aromatic carbocycles. The molecule has 18 nitrogen and oxygen atoms in total. The predicted octanol–water partition coefficient (Wildman–Crippen LogP) is 5.26. The van der Waals surface area contributed by atoms with Crippen molar-refractivity contribution in [2.24, 2.45) is 48.4 Å². The van der Waals surface area contributed by atoms with Gasteiger partial charge in [-0.2, -0.15) is 51.7 Å². The van der Waals surface area contributed by atoms with Crippen LogP contribution in [0, 0.1) is 17.8 Å². The second kappa shape index (κ2) is 20.0. The van der Waals surface area contributed by atoms with Crippen molar-refractivity contribution in [1.29, 1.82) is 0 Å². The van der Waals surface area contributed by atoms with E-state index >= 15 is 0 Å². The minimum Gasteiger partial charge on any atom is -0.390 e. The van der Waals surface area contributed by atoms with Gasteiger partial charge in [-0.05, 0) is 127 Å². The van der Waals surface area contributed by atoms with Gasteiger partial charge in [0.25, 0.3) is 20.2 Å². The van der Waals surface area contributed by atoms with Crippen LogP contribution in [0.5, 0.6) is 0 Å². The lowest BCUT2D eigenvalue weighted by Gasteiger charge is -2.47. The zero-order valence-corrected chi connectivity index (χ0v) is 35.5. The van der Waals surface area contributed by atoms with Crippen LogP contribution in [-0.2, 0) is 40.5 Å². The monoisotopic (exact) mass is 865 g/mol. The van der Waals surface area contributed by atoms with Gasteiger partial charge in [-0.15, -0.1) is 0 Å². The Morgan fingerprint density at radius 3 is 1.89 bits per heavy atom. The molecule has 0 heterocycles. The van der Waals surface area contributed by atoms with Crippen molar-refractivity contribution in [3.8, 4) is 0 Å². The van der Waals surface area contributed by atoms with E-state index in [4.69, 9.17) is 19.1 Å². The van der Waals surface area contributed by atoms with Crippen molar-refractivity contribution in [2.45, 2.75) is 200 Å². The topological polar surface area (TPSA) is 271 Å². The van der Waals surface area contributed by atoms with Crippen molar-refractivity contribution in [2.75, 3.05) is 7.11 Å². The van der Waals surface area contributed by atoms with Gasteiger partial charge in [-0.25, -0.2) is 0 Å². The Balaban J connectivity index is 0.997. The van der Waals surface area contributed by atoms with Crippen LogP contribution in [0.3, 0.4) is 0 Å². The Labute approximate surface area is 339 Å². The number of aliphatic hydroxyl groups is 1. The first-order chi connectivity index (χ1) is 27.1. The number of hydrogen-bond donors (Lipinski definition) is 5. The predicted molar refractivity (Wildman–Crippen MR) is 210 cm³/mol. The summed E-state index contributed by atoms with van der Waals surface area (Å²) in [6.45, 7) is 2.12. The first kappa shape index (κ1) is 45.1. The molecule has 17 atom stereocenters. The van der Waals surface area contributed by atoms with Gasteiger partial charge in [0, 0.05) is 19.2 Å². The zero-order chi connectivity index (χ0) is 40.9. The molecule has 6 aliphatic carbocycles. The fraction of sp³-hybridized carbons (Fsp3) is 1.00. The maximum Gasteiger partial charge on any atom is 0.302 e. The van der Waals surface area contributed by atoms with Crippen LogP contribution < -0.4 is 5.32 Å². The van der Waals surface area contributed by atoms with Crippen molar-refractivity contribution in [3.05, 3.63) is 0 Å². The molecule has 21 heteroatoms. The third-order valence-corrected chi connectivity index (χ3v) is 16.7. The molecule has 0 bridgehead atoms. The Hall–Kier alpha value is -1.43. The Bertz CT molecular complexity index is 1670. The van der Waals surface area contributed by atoms with E-state index in [2.05, 4.69) is 32.7 Å². The largest absolute Gasteiger partial charge is 0.390 e. The average Bonchev–Trinajstić information content (AvgIpc) is 3.16. The van der Waals surface area contributed by atoms with Crippen LogP contribution in [0.2, 0.25) is 0 Å². The molecule has 6 saturated carbocycles. The molecule has 57 heavy (non-hydrogen) atoms. The summed E-state index contributed by atoms with van der Waals surface area (Å²) in [6, 6.07) is -1.25. The number of methoxy groups -OCH3 is 1. The van der Waals surface area contributed by atoms with E-state index in [9.17, 15) is 39.8 Å². The molecular formula is C36H63N7O11S3. The highest BCUT2D eigenvalue weighted by molar-refractivity contribution is 7.86. The maximum atomic E-state index is 11.8. The molecule has 0 spiro atoms. The molecule has 0 aromatic rings. The van der Waals surface area contributed by atoms with E-state index in [1.807, 2.05) is 0 Å². The number of nitrogens with zero attached hydrogens (tertiary/aromatic N) is 6. The minimum atomic E-state index is -4.09. The first-order valence-corrected chi connectivity index (χ1v) is 25.0. The summed E-state index contributed by atoms with van der Waals surface area (Å²) in [6.07, 6.45) is 9.76. The summed E-state index contributed by atoms with van der Waals surface area (Å²) in [5.41, 5.74) is 0. The number of azo groups is 3. The molecule has 326 valence electrons. The van der Waals surface area contributed by atoms with Gasteiger partial charge in [0.05, 0.1) is 52.9 Å². The van der Waals surface area contributed by atoms with Crippen LogP contribution in [0.25, 0.3) is 0 Å². The molecule has 17 unspecified atom stereocenters. The van der Waals surface area contributed by atoms with Crippen LogP contribution in [-0.4, -0.2) is 124 Å². The van der Waals surface area contributed by atoms with Crippen molar-refractivity contribution >= 4 is 31.6 Å². The maximum absolute atomic E-state index is 11.8. The molecule has 5 N–H and O–H groups in total. The SMILES string of the molecule is COC1CC(N=NC2CCCC(S(=O)(=O)O)C2)CCC1N=NC1CCC(N=NC2C(OS(=O)O)CC3CCC(NC4CCCC(S(=O)(=O)O)C4)CC3C2O)CC1C. The molecule has 6 rings (SSSR count). The lowest BCUT2D eigenvalue weighted by atomic mass is 9.65. The van der Waals surface area contributed by atoms with Crippen molar-refractivity contribution < 1.29 is 48.7 Å². The smallest absolute Gasteiger partial charge is 0.302 e. The molecule has 0 aliphatic heterocycles. The minimum absolute atomic E-state index is 0.00550. The molecule has 6 fully saturated rings. The highest BCUT2D eigenvalue weighted by atomic mass is 32.2. The second-order valence-corrected chi connectivity index (χ2v) is 21.7. The number of fused-ring (bicyclic) bond motifs is 1. The van der Waals surface area contributed by atoms with Gasteiger partial charge in [0.2, 0.25) is 0 Å². The van der Waals surface area contributed by atoms with E-state index in [1.54, 1.807) is 7.11 Å². The Morgan fingerprint density at radius 2 is 1.23 bits per heavy atom. The van der Waals surface area contributed by atoms with E-state index in [1.165, 1.54) is 0 Å². The number of rotatable bonds is 13. The third kappa shape index (κ3) is 12.3. The lowest BCUT2D eigenvalue weighted by Crippen LogP contribution is -2.55. The van der Waals surface area contributed by atoms with E-state index in [0.29, 0.717) is 51.4 Å². The van der Waals surface area contributed by atoms with Crippen molar-refractivity contribution in [3.63, 3.8) is 0 Å². The van der Waals surface area contributed by atoms with Gasteiger partial charge in [0.1, 0.15) is 12.1 Å². The third-order valence-electron chi connectivity index (χ3n) is 13.7. The lowest BCUT2D eigenvalue weighted by molar-refractivity contribution is -0.0610. The summed E-state index contributed by atoms with van der Waals surface area (Å²) in [5.74, 6) is 0.121. The molecule has 6 aliphatic rings. The summed E-state index contributed by atoms with van der Waals surface area (Å²) >= 11 is -2.53. The number of nitrogens with one attached hydrogen (secondary N) is 1. The van der Waals surface area contributed by atoms with Crippen molar-refractivity contribution in [1.82, 2.24) is 5.32 Å². The quantitative estimate of drug-likeness (QED) is 0.0901. The normalized spacial score (nSPS) is 43.3. The van der Waals surface area contributed by atoms with Crippen LogP contribution in [0.1, 0.15) is 122 Å². The van der Waals surface area contributed by atoms with Gasteiger partial charge in [0.15, 0.2) is 0 Å². The van der Waals surface area contributed by atoms with Gasteiger partial charge in [-0.1, -0.05) is 13.3 Å². The fourth-order valence-electron chi connectivity index (χ4n) is 10.5. The van der Waals surface area contributed by atoms with Gasteiger partial charge >= 0.3 is 11.4 Å². The Kier molecular flexibility index (Phi) is 15.8. The number of ether oxygens (including phenoxy) is 1. The Morgan fingerprint density at radius 1 is 0.632 bits per heavy atom. The van der Waals surface area contributed by atoms with Crippen LogP contribution >= 0.6 is 0 Å². The molecule has 0 radical (unpaired) electrons. The molecule has 0 amide bonds. The number of aliphatic hydroxyl groups excluding tert-OH is 1. The summed E-state index contributed by atoms with van der Waals surface area (Å²) < 4.78 is 98.6. The first-order valence-electron chi connectivity index (χ1n) is 20.9. The fourth-order valence-corrected chi connectivity index (χ4v) is 12.8.